The minimum atomic E-state index is -0.214. The Morgan fingerprint density at radius 2 is 1.83 bits per heavy atom. The Balaban J connectivity index is 1.84. The van der Waals surface area contributed by atoms with E-state index in [9.17, 15) is 0 Å². The van der Waals surface area contributed by atoms with Crippen LogP contribution in [0.5, 0.6) is 5.75 Å². The van der Waals surface area contributed by atoms with Crippen LogP contribution >= 0.6 is 0 Å². The van der Waals surface area contributed by atoms with Crippen molar-refractivity contribution in [2.75, 3.05) is 20.3 Å². The predicted molar refractivity (Wildman–Crippen MR) is 70.7 cm³/mol. The molecule has 1 aromatic rings. The standard InChI is InChI=1S/C15H22O3/c1-3-4-5-12-10-17-15(18-11-12)13-6-8-14(16-2)9-7-13/h6-9,12,15H,3-5,10-11H2,1-2H3. The van der Waals surface area contributed by atoms with Crippen molar-refractivity contribution in [3.8, 4) is 5.75 Å². The number of unbranched alkanes of at least 4 members (excludes halogenated alkanes) is 1. The first-order valence-electron chi connectivity index (χ1n) is 6.70. The molecular weight excluding hydrogens is 228 g/mol. The number of hydrogen-bond donors (Lipinski definition) is 0. The summed E-state index contributed by atoms with van der Waals surface area (Å²) >= 11 is 0. The second-order valence-electron chi connectivity index (χ2n) is 4.78. The van der Waals surface area contributed by atoms with E-state index in [4.69, 9.17) is 14.2 Å². The van der Waals surface area contributed by atoms with Crippen LogP contribution in [0.4, 0.5) is 0 Å². The smallest absolute Gasteiger partial charge is 0.183 e. The van der Waals surface area contributed by atoms with Crippen molar-refractivity contribution in [2.24, 2.45) is 5.92 Å². The summed E-state index contributed by atoms with van der Waals surface area (Å²) in [6.45, 7) is 3.82. The fourth-order valence-corrected chi connectivity index (χ4v) is 2.16. The third-order valence-electron chi connectivity index (χ3n) is 3.32. The van der Waals surface area contributed by atoms with Gasteiger partial charge in [0.15, 0.2) is 6.29 Å². The van der Waals surface area contributed by atoms with Gasteiger partial charge in [0.2, 0.25) is 0 Å². The Labute approximate surface area is 109 Å². The number of hydrogen-bond acceptors (Lipinski definition) is 3. The second kappa shape index (κ2) is 6.76. The number of rotatable bonds is 5. The van der Waals surface area contributed by atoms with Crippen LogP contribution in [0, 0.1) is 5.92 Å². The van der Waals surface area contributed by atoms with Crippen LogP contribution in [0.2, 0.25) is 0 Å². The molecule has 0 N–H and O–H groups in total. The zero-order chi connectivity index (χ0) is 12.8. The summed E-state index contributed by atoms with van der Waals surface area (Å²) in [5.74, 6) is 1.41. The number of ether oxygens (including phenoxy) is 3. The van der Waals surface area contributed by atoms with Gasteiger partial charge in [-0.1, -0.05) is 31.9 Å². The normalized spacial score (nSPS) is 23.9. The van der Waals surface area contributed by atoms with E-state index in [1.807, 2.05) is 24.3 Å². The first kappa shape index (κ1) is 13.4. The highest BCUT2D eigenvalue weighted by molar-refractivity contribution is 5.27. The Morgan fingerprint density at radius 1 is 1.17 bits per heavy atom. The summed E-state index contributed by atoms with van der Waals surface area (Å²) in [5, 5.41) is 0. The summed E-state index contributed by atoms with van der Waals surface area (Å²) in [7, 11) is 1.67. The van der Waals surface area contributed by atoms with E-state index in [1.54, 1.807) is 7.11 Å². The maximum Gasteiger partial charge on any atom is 0.183 e. The first-order valence-corrected chi connectivity index (χ1v) is 6.70. The lowest BCUT2D eigenvalue weighted by Crippen LogP contribution is -2.27. The average molecular weight is 250 g/mol. The lowest BCUT2D eigenvalue weighted by atomic mass is 10.0. The van der Waals surface area contributed by atoms with Crippen LogP contribution in [-0.2, 0) is 9.47 Å². The van der Waals surface area contributed by atoms with Crippen LogP contribution in [0.1, 0.15) is 38.0 Å². The van der Waals surface area contributed by atoms with E-state index in [1.165, 1.54) is 19.3 Å². The maximum atomic E-state index is 5.78. The molecule has 3 heteroatoms. The molecule has 0 spiro atoms. The molecule has 1 saturated heterocycles. The fraction of sp³-hybridized carbons (Fsp3) is 0.600. The molecule has 0 saturated carbocycles. The van der Waals surface area contributed by atoms with Gasteiger partial charge in [-0.15, -0.1) is 0 Å². The van der Waals surface area contributed by atoms with Gasteiger partial charge in [0.05, 0.1) is 20.3 Å². The van der Waals surface area contributed by atoms with Gasteiger partial charge < -0.3 is 14.2 Å². The minimum Gasteiger partial charge on any atom is -0.497 e. The molecule has 0 aliphatic carbocycles. The molecule has 1 aromatic carbocycles. The van der Waals surface area contributed by atoms with Crippen molar-refractivity contribution in [2.45, 2.75) is 32.5 Å². The summed E-state index contributed by atoms with van der Waals surface area (Å²) in [4.78, 5) is 0. The molecule has 0 radical (unpaired) electrons. The monoisotopic (exact) mass is 250 g/mol. The Bertz CT molecular complexity index is 339. The zero-order valence-electron chi connectivity index (χ0n) is 11.2. The lowest BCUT2D eigenvalue weighted by Gasteiger charge is -2.29. The van der Waals surface area contributed by atoms with E-state index < -0.39 is 0 Å². The predicted octanol–water partition coefficient (Wildman–Crippen LogP) is 3.55. The number of benzene rings is 1. The lowest BCUT2D eigenvalue weighted by molar-refractivity contribution is -0.206. The SMILES string of the molecule is CCCCC1COC(c2ccc(OC)cc2)OC1. The number of methoxy groups -OCH3 is 1. The molecule has 3 nitrogen and oxygen atoms in total. The minimum absolute atomic E-state index is 0.214. The van der Waals surface area contributed by atoms with E-state index in [-0.39, 0.29) is 6.29 Å². The van der Waals surface area contributed by atoms with Gasteiger partial charge in [-0.25, -0.2) is 0 Å². The molecule has 1 heterocycles. The highest BCUT2D eigenvalue weighted by Crippen LogP contribution is 2.28. The molecule has 1 fully saturated rings. The van der Waals surface area contributed by atoms with Crippen molar-refractivity contribution in [1.29, 1.82) is 0 Å². The van der Waals surface area contributed by atoms with Crippen molar-refractivity contribution < 1.29 is 14.2 Å². The van der Waals surface area contributed by atoms with Crippen molar-refractivity contribution in [3.05, 3.63) is 29.8 Å². The van der Waals surface area contributed by atoms with Gasteiger partial charge in [0, 0.05) is 11.5 Å². The summed E-state index contributed by atoms with van der Waals surface area (Å²) < 4.78 is 16.7. The molecular formula is C15H22O3. The highest BCUT2D eigenvalue weighted by Gasteiger charge is 2.22. The van der Waals surface area contributed by atoms with E-state index in [0.29, 0.717) is 5.92 Å². The Kier molecular flexibility index (Phi) is 5.02. The van der Waals surface area contributed by atoms with Crippen LogP contribution in [0.15, 0.2) is 24.3 Å². The molecule has 18 heavy (non-hydrogen) atoms. The average Bonchev–Trinajstić information content (AvgIpc) is 2.46. The van der Waals surface area contributed by atoms with Gasteiger partial charge in [0.25, 0.3) is 0 Å². The van der Waals surface area contributed by atoms with Gasteiger partial charge in [-0.3, -0.25) is 0 Å². The van der Waals surface area contributed by atoms with Crippen LogP contribution < -0.4 is 4.74 Å². The summed E-state index contributed by atoms with van der Waals surface area (Å²) in [5.41, 5.74) is 1.06. The third kappa shape index (κ3) is 3.47. The molecule has 2 rings (SSSR count). The van der Waals surface area contributed by atoms with Crippen molar-refractivity contribution >= 4 is 0 Å². The van der Waals surface area contributed by atoms with E-state index >= 15 is 0 Å². The third-order valence-corrected chi connectivity index (χ3v) is 3.32. The molecule has 0 unspecified atom stereocenters. The quantitative estimate of drug-likeness (QED) is 0.800. The van der Waals surface area contributed by atoms with Crippen LogP contribution in [0.25, 0.3) is 0 Å². The van der Waals surface area contributed by atoms with E-state index in [2.05, 4.69) is 6.92 Å². The fourth-order valence-electron chi connectivity index (χ4n) is 2.16. The molecule has 0 amide bonds. The molecule has 1 aliphatic rings. The highest BCUT2D eigenvalue weighted by atomic mass is 16.7. The summed E-state index contributed by atoms with van der Waals surface area (Å²) in [6.07, 6.45) is 3.48. The second-order valence-corrected chi connectivity index (χ2v) is 4.78. The maximum absolute atomic E-state index is 5.78. The Hall–Kier alpha value is -1.06. The van der Waals surface area contributed by atoms with Gasteiger partial charge in [-0.2, -0.15) is 0 Å². The van der Waals surface area contributed by atoms with Crippen molar-refractivity contribution in [3.63, 3.8) is 0 Å². The zero-order valence-corrected chi connectivity index (χ0v) is 11.2. The Morgan fingerprint density at radius 3 is 2.39 bits per heavy atom. The largest absolute Gasteiger partial charge is 0.497 e. The molecule has 1 aliphatic heterocycles. The molecule has 0 bridgehead atoms. The molecule has 0 atom stereocenters. The van der Waals surface area contributed by atoms with Crippen LogP contribution in [-0.4, -0.2) is 20.3 Å². The van der Waals surface area contributed by atoms with Crippen LogP contribution in [0.3, 0.4) is 0 Å². The van der Waals surface area contributed by atoms with E-state index in [0.717, 1.165) is 24.5 Å². The van der Waals surface area contributed by atoms with Crippen molar-refractivity contribution in [1.82, 2.24) is 0 Å². The van der Waals surface area contributed by atoms with Gasteiger partial charge >= 0.3 is 0 Å². The first-order chi connectivity index (χ1) is 8.83. The molecule has 100 valence electrons. The topological polar surface area (TPSA) is 27.7 Å². The van der Waals surface area contributed by atoms with Gasteiger partial charge in [-0.05, 0) is 18.6 Å². The van der Waals surface area contributed by atoms with Gasteiger partial charge in [0.1, 0.15) is 5.75 Å². The molecule has 0 aromatic heterocycles. The summed E-state index contributed by atoms with van der Waals surface area (Å²) in [6, 6.07) is 7.86.